The molecule has 2 rings (SSSR count). The summed E-state index contributed by atoms with van der Waals surface area (Å²) in [4.78, 5) is 4.40. The predicted octanol–water partition coefficient (Wildman–Crippen LogP) is 3.71. The Bertz CT molecular complexity index is 445. The van der Waals surface area contributed by atoms with Gasteiger partial charge >= 0.3 is 0 Å². The number of benzene rings is 1. The van der Waals surface area contributed by atoms with Crippen molar-refractivity contribution < 1.29 is 4.74 Å². The maximum absolute atomic E-state index is 5.90. The lowest BCUT2D eigenvalue weighted by atomic mass is 10.2. The van der Waals surface area contributed by atoms with E-state index in [0.29, 0.717) is 11.2 Å². The zero-order valence-electron chi connectivity index (χ0n) is 12.5. The lowest BCUT2D eigenvalue weighted by Crippen LogP contribution is -2.24. The molecule has 0 bridgehead atoms. The largest absolute Gasteiger partial charge is 0.491 e. The highest BCUT2D eigenvalue weighted by Gasteiger charge is 2.14. The first-order chi connectivity index (χ1) is 9.63. The molecule has 1 aromatic rings. The van der Waals surface area contributed by atoms with Gasteiger partial charge in [-0.05, 0) is 56.7 Å². The fourth-order valence-electron chi connectivity index (χ4n) is 2.06. The van der Waals surface area contributed by atoms with Gasteiger partial charge in [-0.15, -0.1) is 24.0 Å². The highest BCUT2D eigenvalue weighted by molar-refractivity contribution is 14.0. The number of rotatable bonds is 5. The molecular formula is C15H24IN3OS. The molecule has 4 nitrogen and oxygen atoms in total. The number of nitrogens with one attached hydrogen (secondary N) is 1. The van der Waals surface area contributed by atoms with Crippen LogP contribution in [-0.4, -0.2) is 29.6 Å². The number of hydrogen-bond acceptors (Lipinski definition) is 3. The second-order valence-corrected chi connectivity index (χ2v) is 6.59. The van der Waals surface area contributed by atoms with E-state index in [4.69, 9.17) is 10.5 Å². The van der Waals surface area contributed by atoms with Crippen LogP contribution in [0.5, 0.6) is 5.75 Å². The monoisotopic (exact) mass is 421 g/mol. The summed E-state index contributed by atoms with van der Waals surface area (Å²) in [6, 6.07) is 7.76. The van der Waals surface area contributed by atoms with Crippen molar-refractivity contribution in [1.82, 2.24) is 0 Å². The SMILES string of the molecule is CC(C)Oc1ccc(NC(N)=NCC2CCCS2)cc1.I. The van der Waals surface area contributed by atoms with E-state index >= 15 is 0 Å². The van der Waals surface area contributed by atoms with Gasteiger partial charge in [0.25, 0.3) is 0 Å². The van der Waals surface area contributed by atoms with Crippen molar-refractivity contribution in [2.24, 2.45) is 10.7 Å². The maximum Gasteiger partial charge on any atom is 0.193 e. The Morgan fingerprint density at radius 2 is 2.14 bits per heavy atom. The zero-order valence-corrected chi connectivity index (χ0v) is 15.7. The average molecular weight is 421 g/mol. The third kappa shape index (κ3) is 6.78. The number of anilines is 1. The highest BCUT2D eigenvalue weighted by atomic mass is 127. The zero-order chi connectivity index (χ0) is 14.4. The molecular weight excluding hydrogens is 397 g/mol. The van der Waals surface area contributed by atoms with Crippen molar-refractivity contribution in [2.75, 3.05) is 17.6 Å². The Hall–Kier alpha value is -0.630. The van der Waals surface area contributed by atoms with Gasteiger partial charge in [-0.3, -0.25) is 4.99 Å². The Morgan fingerprint density at radius 1 is 1.43 bits per heavy atom. The van der Waals surface area contributed by atoms with Crippen LogP contribution in [0.4, 0.5) is 5.69 Å². The fourth-order valence-corrected chi connectivity index (χ4v) is 3.24. The topological polar surface area (TPSA) is 59.6 Å². The van der Waals surface area contributed by atoms with E-state index in [1.54, 1.807) is 0 Å². The number of nitrogens with zero attached hydrogens (tertiary/aromatic N) is 1. The molecule has 118 valence electrons. The van der Waals surface area contributed by atoms with Gasteiger partial charge in [0.15, 0.2) is 5.96 Å². The van der Waals surface area contributed by atoms with Crippen molar-refractivity contribution in [3.05, 3.63) is 24.3 Å². The van der Waals surface area contributed by atoms with Crippen LogP contribution in [0, 0.1) is 0 Å². The number of thioether (sulfide) groups is 1. The summed E-state index contributed by atoms with van der Waals surface area (Å²) in [6.45, 7) is 4.83. The average Bonchev–Trinajstić information content (AvgIpc) is 2.91. The van der Waals surface area contributed by atoms with E-state index in [1.807, 2.05) is 49.9 Å². The molecule has 0 spiro atoms. The molecule has 1 aliphatic rings. The van der Waals surface area contributed by atoms with Crippen molar-refractivity contribution in [1.29, 1.82) is 0 Å². The van der Waals surface area contributed by atoms with Gasteiger partial charge in [-0.2, -0.15) is 11.8 Å². The van der Waals surface area contributed by atoms with Gasteiger partial charge in [0.2, 0.25) is 0 Å². The fraction of sp³-hybridized carbons (Fsp3) is 0.533. The molecule has 3 N–H and O–H groups in total. The number of halogens is 1. The van der Waals surface area contributed by atoms with Gasteiger partial charge < -0.3 is 15.8 Å². The van der Waals surface area contributed by atoms with Gasteiger partial charge in [-0.1, -0.05) is 0 Å². The lowest BCUT2D eigenvalue weighted by molar-refractivity contribution is 0.242. The van der Waals surface area contributed by atoms with E-state index in [9.17, 15) is 0 Å². The molecule has 1 saturated heterocycles. The van der Waals surface area contributed by atoms with Crippen molar-refractivity contribution >= 4 is 47.4 Å². The second-order valence-electron chi connectivity index (χ2n) is 5.18. The molecule has 0 aromatic heterocycles. The van der Waals surface area contributed by atoms with Crippen LogP contribution in [0.3, 0.4) is 0 Å². The van der Waals surface area contributed by atoms with Gasteiger partial charge in [-0.25, -0.2) is 0 Å². The third-order valence-corrected chi connectivity index (χ3v) is 4.37. The van der Waals surface area contributed by atoms with E-state index < -0.39 is 0 Å². The number of guanidine groups is 1. The maximum atomic E-state index is 5.90. The Balaban J connectivity index is 0.00000220. The minimum atomic E-state index is 0. The van der Waals surface area contributed by atoms with Gasteiger partial charge in [0.05, 0.1) is 12.6 Å². The van der Waals surface area contributed by atoms with E-state index in [0.717, 1.165) is 18.0 Å². The smallest absolute Gasteiger partial charge is 0.193 e. The quantitative estimate of drug-likeness (QED) is 0.432. The summed E-state index contributed by atoms with van der Waals surface area (Å²) in [7, 11) is 0. The molecule has 0 amide bonds. The summed E-state index contributed by atoms with van der Waals surface area (Å²) >= 11 is 1.99. The molecule has 0 saturated carbocycles. The number of nitrogens with two attached hydrogens (primary N) is 1. The van der Waals surface area contributed by atoms with Crippen molar-refractivity contribution in [3.63, 3.8) is 0 Å². The Labute approximate surface area is 148 Å². The molecule has 1 heterocycles. The number of hydrogen-bond donors (Lipinski definition) is 2. The van der Waals surface area contributed by atoms with Gasteiger partial charge in [0.1, 0.15) is 5.75 Å². The normalized spacial score (nSPS) is 18.4. The summed E-state index contributed by atoms with van der Waals surface area (Å²) < 4.78 is 5.60. The van der Waals surface area contributed by atoms with E-state index in [-0.39, 0.29) is 30.1 Å². The Kier molecular flexibility index (Phi) is 8.24. The third-order valence-electron chi connectivity index (χ3n) is 2.99. The molecule has 6 heteroatoms. The molecule has 1 fully saturated rings. The van der Waals surface area contributed by atoms with E-state index in [1.165, 1.54) is 18.6 Å². The number of ether oxygens (including phenoxy) is 1. The van der Waals surface area contributed by atoms with Crippen LogP contribution in [0.25, 0.3) is 0 Å². The summed E-state index contributed by atoms with van der Waals surface area (Å²) in [6.07, 6.45) is 2.74. The Morgan fingerprint density at radius 3 is 2.71 bits per heavy atom. The molecule has 1 unspecified atom stereocenters. The van der Waals surface area contributed by atoms with Crippen LogP contribution < -0.4 is 15.8 Å². The lowest BCUT2D eigenvalue weighted by Gasteiger charge is -2.11. The molecule has 21 heavy (non-hydrogen) atoms. The highest BCUT2D eigenvalue weighted by Crippen LogP contribution is 2.26. The summed E-state index contributed by atoms with van der Waals surface area (Å²) in [5.41, 5.74) is 6.83. The standard InChI is InChI=1S/C15H23N3OS.HI/c1-11(2)19-13-7-5-12(6-8-13)18-15(16)17-10-14-4-3-9-20-14;/h5-8,11,14H,3-4,9-10H2,1-2H3,(H3,16,17,18);1H. The second kappa shape index (κ2) is 9.40. The first kappa shape index (κ1) is 18.4. The van der Waals surface area contributed by atoms with Gasteiger partial charge in [0, 0.05) is 10.9 Å². The van der Waals surface area contributed by atoms with Crippen LogP contribution in [-0.2, 0) is 0 Å². The number of aliphatic imine (C=N–C) groups is 1. The molecule has 0 aliphatic carbocycles. The predicted molar refractivity (Wildman–Crippen MR) is 103 cm³/mol. The first-order valence-corrected chi connectivity index (χ1v) is 8.13. The molecule has 1 atom stereocenters. The van der Waals surface area contributed by atoms with Crippen LogP contribution in [0.1, 0.15) is 26.7 Å². The molecule has 1 aromatic carbocycles. The minimum absolute atomic E-state index is 0. The molecule has 0 radical (unpaired) electrons. The summed E-state index contributed by atoms with van der Waals surface area (Å²) in [5, 5.41) is 3.75. The van der Waals surface area contributed by atoms with Crippen LogP contribution in [0.2, 0.25) is 0 Å². The van der Waals surface area contributed by atoms with Crippen molar-refractivity contribution in [3.8, 4) is 5.75 Å². The van der Waals surface area contributed by atoms with E-state index in [2.05, 4.69) is 10.3 Å². The summed E-state index contributed by atoms with van der Waals surface area (Å²) in [5.74, 6) is 2.60. The van der Waals surface area contributed by atoms with Crippen molar-refractivity contribution in [2.45, 2.75) is 38.0 Å². The minimum Gasteiger partial charge on any atom is -0.491 e. The first-order valence-electron chi connectivity index (χ1n) is 7.09. The van der Waals surface area contributed by atoms with Crippen LogP contribution in [0.15, 0.2) is 29.3 Å². The molecule has 1 aliphatic heterocycles. The van der Waals surface area contributed by atoms with Crippen LogP contribution >= 0.6 is 35.7 Å².